The van der Waals surface area contributed by atoms with E-state index in [1.807, 2.05) is 0 Å². The molecule has 0 aliphatic rings. The van der Waals surface area contributed by atoms with Crippen molar-refractivity contribution in [3.8, 4) is 0 Å². The first-order chi connectivity index (χ1) is 5.85. The van der Waals surface area contributed by atoms with E-state index in [0.717, 1.165) is 0 Å². The molecule has 12 heavy (non-hydrogen) atoms. The Bertz CT molecular complexity index is 77.1. The molecule has 0 aliphatic heterocycles. The van der Waals surface area contributed by atoms with Crippen molar-refractivity contribution in [1.82, 2.24) is 4.90 Å². The molecule has 0 aromatic rings. The molecule has 0 fully saturated rings. The summed E-state index contributed by atoms with van der Waals surface area (Å²) in [5.74, 6) is 0. The highest BCUT2D eigenvalue weighted by atomic mass is 15.1. The standard InChI is InChI=1S/C11H24N/c1-4-7-8-9-10-11-12(5-2)6-3/h10H,4-9,11H2,1-3H3. The maximum atomic E-state index is 2.45. The van der Waals surface area contributed by atoms with Crippen molar-refractivity contribution in [1.29, 1.82) is 0 Å². The van der Waals surface area contributed by atoms with Crippen LogP contribution in [0.2, 0.25) is 0 Å². The Kier molecular flexibility index (Phi) is 9.02. The van der Waals surface area contributed by atoms with Crippen molar-refractivity contribution in [2.24, 2.45) is 0 Å². The topological polar surface area (TPSA) is 3.24 Å². The van der Waals surface area contributed by atoms with Crippen LogP contribution in [-0.2, 0) is 0 Å². The summed E-state index contributed by atoms with van der Waals surface area (Å²) in [6, 6.07) is 0. The van der Waals surface area contributed by atoms with E-state index in [1.54, 1.807) is 0 Å². The van der Waals surface area contributed by atoms with Gasteiger partial charge in [-0.2, -0.15) is 0 Å². The Balaban J connectivity index is 3.06. The van der Waals surface area contributed by atoms with Crippen LogP contribution in [0.3, 0.4) is 0 Å². The van der Waals surface area contributed by atoms with Crippen molar-refractivity contribution in [2.45, 2.75) is 46.5 Å². The Labute approximate surface area is 78.1 Å². The van der Waals surface area contributed by atoms with E-state index in [-0.39, 0.29) is 0 Å². The third-order valence-electron chi connectivity index (χ3n) is 2.29. The number of hydrogen-bond acceptors (Lipinski definition) is 1. The molecule has 1 nitrogen and oxygen atoms in total. The van der Waals surface area contributed by atoms with Crippen LogP contribution in [0.25, 0.3) is 0 Å². The molecule has 0 aliphatic carbocycles. The van der Waals surface area contributed by atoms with Gasteiger partial charge < -0.3 is 4.90 Å². The fourth-order valence-electron chi connectivity index (χ4n) is 1.29. The molecule has 0 spiro atoms. The Morgan fingerprint density at radius 1 is 1.00 bits per heavy atom. The number of unbranched alkanes of at least 4 members (excludes halogenated alkanes) is 4. The van der Waals surface area contributed by atoms with Gasteiger partial charge >= 0.3 is 0 Å². The Hall–Kier alpha value is -0.0400. The van der Waals surface area contributed by atoms with Gasteiger partial charge in [0.15, 0.2) is 0 Å². The first-order valence-electron chi connectivity index (χ1n) is 5.39. The molecule has 0 atom stereocenters. The van der Waals surface area contributed by atoms with Crippen LogP contribution in [0, 0.1) is 6.42 Å². The van der Waals surface area contributed by atoms with Crippen molar-refractivity contribution in [2.75, 3.05) is 19.6 Å². The van der Waals surface area contributed by atoms with Crippen molar-refractivity contribution in [3.05, 3.63) is 6.42 Å². The van der Waals surface area contributed by atoms with Crippen LogP contribution in [0.4, 0.5) is 0 Å². The first-order valence-corrected chi connectivity index (χ1v) is 5.39. The van der Waals surface area contributed by atoms with E-state index in [0.29, 0.717) is 0 Å². The lowest BCUT2D eigenvalue weighted by Crippen LogP contribution is -2.24. The molecule has 0 amide bonds. The lowest BCUT2D eigenvalue weighted by atomic mass is 10.1. The average Bonchev–Trinajstić information content (AvgIpc) is 2.11. The second-order valence-corrected chi connectivity index (χ2v) is 3.27. The second-order valence-electron chi connectivity index (χ2n) is 3.27. The quantitative estimate of drug-likeness (QED) is 0.506. The smallest absolute Gasteiger partial charge is 0.00126 e. The van der Waals surface area contributed by atoms with Crippen LogP contribution in [0.1, 0.15) is 46.5 Å². The molecule has 0 heterocycles. The Morgan fingerprint density at radius 2 is 1.67 bits per heavy atom. The highest BCUT2D eigenvalue weighted by Gasteiger charge is 1.97. The van der Waals surface area contributed by atoms with Crippen LogP contribution < -0.4 is 0 Å². The van der Waals surface area contributed by atoms with Crippen LogP contribution in [-0.4, -0.2) is 24.5 Å². The van der Waals surface area contributed by atoms with Gasteiger partial charge in [-0.1, -0.05) is 40.0 Å². The van der Waals surface area contributed by atoms with Crippen molar-refractivity contribution in [3.63, 3.8) is 0 Å². The number of hydrogen-bond donors (Lipinski definition) is 0. The molecule has 1 radical (unpaired) electrons. The molecule has 0 bridgehead atoms. The highest BCUT2D eigenvalue weighted by Crippen LogP contribution is 2.02. The minimum absolute atomic E-state index is 1.18. The van der Waals surface area contributed by atoms with Crippen LogP contribution in [0.15, 0.2) is 0 Å². The lowest BCUT2D eigenvalue weighted by molar-refractivity contribution is 0.323. The van der Waals surface area contributed by atoms with Gasteiger partial charge in [-0.05, 0) is 25.9 Å². The summed E-state index contributed by atoms with van der Waals surface area (Å²) in [5, 5.41) is 0. The van der Waals surface area contributed by atoms with Crippen molar-refractivity contribution < 1.29 is 0 Å². The van der Waals surface area contributed by atoms with Crippen LogP contribution in [0.5, 0.6) is 0 Å². The minimum atomic E-state index is 1.18. The Morgan fingerprint density at radius 3 is 2.17 bits per heavy atom. The van der Waals surface area contributed by atoms with Gasteiger partial charge in [0.1, 0.15) is 0 Å². The molecule has 0 N–H and O–H groups in total. The predicted molar refractivity (Wildman–Crippen MR) is 56.2 cm³/mol. The van der Waals surface area contributed by atoms with E-state index in [2.05, 4.69) is 32.1 Å². The van der Waals surface area contributed by atoms with E-state index in [9.17, 15) is 0 Å². The number of rotatable bonds is 8. The largest absolute Gasteiger partial charge is 0.304 e. The van der Waals surface area contributed by atoms with Gasteiger partial charge in [0.25, 0.3) is 0 Å². The molecule has 0 saturated heterocycles. The molecule has 0 unspecified atom stereocenters. The fraction of sp³-hybridized carbons (Fsp3) is 0.909. The van der Waals surface area contributed by atoms with Crippen LogP contribution >= 0.6 is 0 Å². The van der Waals surface area contributed by atoms with Gasteiger partial charge in [-0.3, -0.25) is 0 Å². The zero-order valence-corrected chi connectivity index (χ0v) is 8.97. The van der Waals surface area contributed by atoms with E-state index < -0.39 is 0 Å². The van der Waals surface area contributed by atoms with Crippen molar-refractivity contribution >= 4 is 0 Å². The van der Waals surface area contributed by atoms with Gasteiger partial charge in [-0.15, -0.1) is 0 Å². The number of nitrogens with zero attached hydrogens (tertiary/aromatic N) is 1. The molecular formula is C11H24N. The van der Waals surface area contributed by atoms with E-state index in [4.69, 9.17) is 0 Å². The molecule has 0 aromatic carbocycles. The third kappa shape index (κ3) is 6.66. The predicted octanol–water partition coefficient (Wildman–Crippen LogP) is 3.11. The van der Waals surface area contributed by atoms with Gasteiger partial charge in [0, 0.05) is 6.54 Å². The summed E-state index contributed by atoms with van der Waals surface area (Å²) in [7, 11) is 0. The molecule has 0 saturated carbocycles. The van der Waals surface area contributed by atoms with E-state index in [1.165, 1.54) is 45.3 Å². The lowest BCUT2D eigenvalue weighted by Gasteiger charge is -2.17. The molecule has 0 aromatic heterocycles. The summed E-state index contributed by atoms with van der Waals surface area (Å²) in [5.41, 5.74) is 0. The maximum Gasteiger partial charge on any atom is 0.00126 e. The SMILES string of the molecule is CCCCC[CH]CN(CC)CC. The monoisotopic (exact) mass is 170 g/mol. The summed E-state index contributed by atoms with van der Waals surface area (Å²) in [4.78, 5) is 2.45. The summed E-state index contributed by atoms with van der Waals surface area (Å²) in [6.45, 7) is 10.2. The highest BCUT2D eigenvalue weighted by molar-refractivity contribution is 4.69. The zero-order chi connectivity index (χ0) is 9.23. The van der Waals surface area contributed by atoms with Gasteiger partial charge in [0.2, 0.25) is 0 Å². The summed E-state index contributed by atoms with van der Waals surface area (Å²) >= 11 is 0. The van der Waals surface area contributed by atoms with E-state index >= 15 is 0 Å². The molecule has 1 heteroatoms. The second kappa shape index (κ2) is 9.05. The summed E-state index contributed by atoms with van der Waals surface area (Å²) < 4.78 is 0. The first kappa shape index (κ1) is 12.0. The molecular weight excluding hydrogens is 146 g/mol. The zero-order valence-electron chi connectivity index (χ0n) is 8.97. The van der Waals surface area contributed by atoms with Gasteiger partial charge in [-0.25, -0.2) is 0 Å². The molecule has 0 rings (SSSR count). The molecule has 73 valence electrons. The summed E-state index contributed by atoms with van der Waals surface area (Å²) in [6.07, 6.45) is 7.80. The third-order valence-corrected chi connectivity index (χ3v) is 2.29. The normalized spacial score (nSPS) is 11.0. The minimum Gasteiger partial charge on any atom is -0.304 e. The van der Waals surface area contributed by atoms with Gasteiger partial charge in [0.05, 0.1) is 0 Å². The average molecular weight is 170 g/mol. The maximum absolute atomic E-state index is 2.45. The fourth-order valence-corrected chi connectivity index (χ4v) is 1.29.